The van der Waals surface area contributed by atoms with E-state index in [0.717, 1.165) is 31.7 Å². The van der Waals surface area contributed by atoms with Gasteiger partial charge in [-0.3, -0.25) is 14.4 Å². The Morgan fingerprint density at radius 1 is 1.20 bits per heavy atom. The van der Waals surface area contributed by atoms with Crippen molar-refractivity contribution in [3.63, 3.8) is 0 Å². The number of nitrogens with one attached hydrogen (secondary N) is 2. The number of ketones is 1. The van der Waals surface area contributed by atoms with Gasteiger partial charge in [-0.05, 0) is 50.5 Å². The molecular formula is C22H23FN4O3. The number of Topliss-reactive ketones (excluding diaryl/α,β-unsaturated/α-hetero) is 1. The van der Waals surface area contributed by atoms with Crippen LogP contribution in [0.3, 0.4) is 0 Å². The highest BCUT2D eigenvalue weighted by Gasteiger charge is 2.30. The first kappa shape index (κ1) is 21.2. The molecule has 0 unspecified atom stereocenters. The van der Waals surface area contributed by atoms with Crippen molar-refractivity contribution in [3.8, 4) is 6.07 Å². The van der Waals surface area contributed by atoms with Crippen LogP contribution in [0.2, 0.25) is 0 Å². The fourth-order valence-electron chi connectivity index (χ4n) is 3.94. The topological polar surface area (TPSA) is 104 Å². The van der Waals surface area contributed by atoms with Gasteiger partial charge in [0.2, 0.25) is 0 Å². The van der Waals surface area contributed by atoms with E-state index < -0.39 is 23.4 Å². The smallest absolute Gasteiger partial charge is 0.294 e. The Morgan fingerprint density at radius 2 is 1.87 bits per heavy atom. The highest BCUT2D eigenvalue weighted by Crippen LogP contribution is 2.24. The van der Waals surface area contributed by atoms with E-state index >= 15 is 0 Å². The van der Waals surface area contributed by atoms with Gasteiger partial charge in [-0.1, -0.05) is 12.8 Å². The number of hydrogen-bond donors (Lipinski definition) is 2. The maximum Gasteiger partial charge on any atom is 0.294 e. The van der Waals surface area contributed by atoms with E-state index in [4.69, 9.17) is 5.26 Å². The SMILES string of the molecule is Cc1c(C(=O)Nc2ccc(F)c(C#N)c2)c(C)n(C)c1C(=O)C(=O)NC1CCCC1. The molecule has 0 radical (unpaired) electrons. The standard InChI is InChI=1S/C22H23FN4O3/c1-12-18(21(29)26-16-8-9-17(23)14(10-16)11-24)13(2)27(3)19(12)20(28)22(30)25-15-6-4-5-7-15/h8-10,15H,4-7H2,1-3H3,(H,25,30)(H,26,29). The number of benzene rings is 1. The Balaban J connectivity index is 1.86. The molecule has 1 heterocycles. The maximum absolute atomic E-state index is 13.5. The summed E-state index contributed by atoms with van der Waals surface area (Å²) >= 11 is 0. The molecule has 8 heteroatoms. The fraction of sp³-hybridized carbons (Fsp3) is 0.364. The summed E-state index contributed by atoms with van der Waals surface area (Å²) in [7, 11) is 1.63. The normalized spacial score (nSPS) is 13.7. The lowest BCUT2D eigenvalue weighted by molar-refractivity contribution is -0.117. The molecule has 1 aliphatic carbocycles. The number of anilines is 1. The van der Waals surface area contributed by atoms with E-state index in [1.807, 2.05) is 0 Å². The van der Waals surface area contributed by atoms with Crippen LogP contribution in [0.25, 0.3) is 0 Å². The second-order valence-corrected chi connectivity index (χ2v) is 7.54. The third-order valence-electron chi connectivity index (χ3n) is 5.61. The molecule has 30 heavy (non-hydrogen) atoms. The molecule has 0 saturated heterocycles. The minimum atomic E-state index is -0.683. The Hall–Kier alpha value is -3.47. The van der Waals surface area contributed by atoms with Crippen molar-refractivity contribution in [2.24, 2.45) is 7.05 Å². The minimum absolute atomic E-state index is 0.0127. The number of nitrogens with zero attached hydrogens (tertiary/aromatic N) is 2. The molecule has 1 aliphatic rings. The Bertz CT molecular complexity index is 1080. The molecule has 1 fully saturated rings. The van der Waals surface area contributed by atoms with Crippen molar-refractivity contribution < 1.29 is 18.8 Å². The number of carbonyl (C=O) groups excluding carboxylic acids is 3. The van der Waals surface area contributed by atoms with E-state index in [1.165, 1.54) is 16.7 Å². The number of nitriles is 1. The van der Waals surface area contributed by atoms with Gasteiger partial charge in [0.25, 0.3) is 17.6 Å². The molecule has 2 aromatic rings. The molecule has 2 amide bonds. The third-order valence-corrected chi connectivity index (χ3v) is 5.61. The Kier molecular flexibility index (Phi) is 6.01. The zero-order valence-electron chi connectivity index (χ0n) is 17.1. The molecule has 0 aliphatic heterocycles. The molecule has 0 bridgehead atoms. The second-order valence-electron chi connectivity index (χ2n) is 7.54. The lowest BCUT2D eigenvalue weighted by Gasteiger charge is -2.12. The molecule has 7 nitrogen and oxygen atoms in total. The average Bonchev–Trinajstić information content (AvgIpc) is 3.29. The van der Waals surface area contributed by atoms with Crippen LogP contribution in [0, 0.1) is 31.0 Å². The van der Waals surface area contributed by atoms with Crippen molar-refractivity contribution in [3.05, 3.63) is 52.1 Å². The molecule has 3 rings (SSSR count). The zero-order valence-corrected chi connectivity index (χ0v) is 17.1. The summed E-state index contributed by atoms with van der Waals surface area (Å²) in [5.41, 5.74) is 1.40. The van der Waals surface area contributed by atoms with E-state index in [2.05, 4.69) is 10.6 Å². The first-order chi connectivity index (χ1) is 14.2. The van der Waals surface area contributed by atoms with Gasteiger partial charge in [0.15, 0.2) is 0 Å². The van der Waals surface area contributed by atoms with E-state index in [-0.39, 0.29) is 28.6 Å². The van der Waals surface area contributed by atoms with Gasteiger partial charge in [0.1, 0.15) is 11.9 Å². The molecule has 0 spiro atoms. The molecule has 1 saturated carbocycles. The zero-order chi connectivity index (χ0) is 22.0. The molecular weight excluding hydrogens is 387 g/mol. The quantitative estimate of drug-likeness (QED) is 0.584. The van der Waals surface area contributed by atoms with Crippen LogP contribution in [0.4, 0.5) is 10.1 Å². The van der Waals surface area contributed by atoms with E-state index in [9.17, 15) is 18.8 Å². The summed E-state index contributed by atoms with van der Waals surface area (Å²) in [4.78, 5) is 38.1. The van der Waals surface area contributed by atoms with Gasteiger partial charge in [-0.25, -0.2) is 4.39 Å². The number of rotatable bonds is 5. The van der Waals surface area contributed by atoms with E-state index in [0.29, 0.717) is 11.3 Å². The predicted octanol–water partition coefficient (Wildman–Crippen LogP) is 3.15. The summed E-state index contributed by atoms with van der Waals surface area (Å²) in [6.45, 7) is 3.29. The number of amides is 2. The Morgan fingerprint density at radius 3 is 2.50 bits per heavy atom. The van der Waals surface area contributed by atoms with E-state index in [1.54, 1.807) is 27.0 Å². The number of halogens is 1. The van der Waals surface area contributed by atoms with Crippen LogP contribution >= 0.6 is 0 Å². The predicted molar refractivity (Wildman–Crippen MR) is 109 cm³/mol. The molecule has 1 aromatic carbocycles. The van der Waals surface area contributed by atoms with Crippen molar-refractivity contribution in [1.29, 1.82) is 5.26 Å². The molecule has 1 aromatic heterocycles. The van der Waals surface area contributed by atoms with Crippen LogP contribution in [-0.4, -0.2) is 28.2 Å². The fourth-order valence-corrected chi connectivity index (χ4v) is 3.94. The summed E-state index contributed by atoms with van der Waals surface area (Å²) in [6.07, 6.45) is 3.78. The van der Waals surface area contributed by atoms with Gasteiger partial charge in [-0.2, -0.15) is 5.26 Å². The first-order valence-electron chi connectivity index (χ1n) is 9.76. The monoisotopic (exact) mass is 410 g/mol. The highest BCUT2D eigenvalue weighted by molar-refractivity contribution is 6.43. The van der Waals surface area contributed by atoms with Gasteiger partial charge in [0, 0.05) is 24.5 Å². The first-order valence-corrected chi connectivity index (χ1v) is 9.76. The molecule has 0 atom stereocenters. The summed E-state index contributed by atoms with van der Waals surface area (Å²) in [5, 5.41) is 14.4. The second kappa shape index (κ2) is 8.49. The third kappa shape index (κ3) is 3.96. The maximum atomic E-state index is 13.5. The van der Waals surface area contributed by atoms with Crippen molar-refractivity contribution >= 4 is 23.3 Å². The van der Waals surface area contributed by atoms with Crippen molar-refractivity contribution in [2.75, 3.05) is 5.32 Å². The summed E-state index contributed by atoms with van der Waals surface area (Å²) in [6, 6.07) is 5.42. The minimum Gasteiger partial charge on any atom is -0.346 e. The Labute approximate surface area is 173 Å². The molecule has 156 valence electrons. The van der Waals surface area contributed by atoms with Crippen LogP contribution < -0.4 is 10.6 Å². The van der Waals surface area contributed by atoms with Crippen LogP contribution in [0.15, 0.2) is 18.2 Å². The lowest BCUT2D eigenvalue weighted by Crippen LogP contribution is -2.38. The van der Waals surface area contributed by atoms with Gasteiger partial charge in [-0.15, -0.1) is 0 Å². The van der Waals surface area contributed by atoms with Crippen molar-refractivity contribution in [2.45, 2.75) is 45.6 Å². The highest BCUT2D eigenvalue weighted by atomic mass is 19.1. The summed E-state index contributed by atoms with van der Waals surface area (Å²) in [5.74, 6) is -2.54. The van der Waals surface area contributed by atoms with Crippen molar-refractivity contribution in [1.82, 2.24) is 9.88 Å². The van der Waals surface area contributed by atoms with Crippen LogP contribution in [0.5, 0.6) is 0 Å². The molecule has 2 N–H and O–H groups in total. The number of hydrogen-bond acceptors (Lipinski definition) is 4. The average molecular weight is 410 g/mol. The van der Waals surface area contributed by atoms with Gasteiger partial charge >= 0.3 is 0 Å². The summed E-state index contributed by atoms with van der Waals surface area (Å²) < 4.78 is 15.0. The van der Waals surface area contributed by atoms with Crippen LogP contribution in [-0.2, 0) is 11.8 Å². The number of carbonyl (C=O) groups is 3. The van der Waals surface area contributed by atoms with Gasteiger partial charge < -0.3 is 15.2 Å². The lowest BCUT2D eigenvalue weighted by atomic mass is 10.1. The number of aromatic nitrogens is 1. The van der Waals surface area contributed by atoms with Crippen LogP contribution in [0.1, 0.15) is 63.4 Å². The van der Waals surface area contributed by atoms with Gasteiger partial charge in [0.05, 0.1) is 16.8 Å². The largest absolute Gasteiger partial charge is 0.346 e.